The maximum Gasteiger partial charge on any atom is 0.223 e. The number of rotatable bonds is 3. The number of carbonyl (C=O) groups is 1. The molecular weight excluding hydrogens is 358 g/mol. The van der Waals surface area contributed by atoms with E-state index in [1.807, 2.05) is 12.3 Å². The van der Waals surface area contributed by atoms with Gasteiger partial charge in [0, 0.05) is 36.6 Å². The van der Waals surface area contributed by atoms with Crippen LogP contribution in [0.2, 0.25) is 0 Å². The van der Waals surface area contributed by atoms with Crippen LogP contribution in [0, 0.1) is 5.92 Å². The summed E-state index contributed by atoms with van der Waals surface area (Å²) >= 11 is 1.65. The molecule has 5 rings (SSSR count). The molecule has 6 nitrogen and oxygen atoms in total. The van der Waals surface area contributed by atoms with Crippen molar-refractivity contribution in [1.82, 2.24) is 20.3 Å². The van der Waals surface area contributed by atoms with Crippen molar-refractivity contribution >= 4 is 43.5 Å². The summed E-state index contributed by atoms with van der Waals surface area (Å²) < 4.78 is 1.10. The van der Waals surface area contributed by atoms with Gasteiger partial charge >= 0.3 is 0 Å². The van der Waals surface area contributed by atoms with E-state index in [0.29, 0.717) is 6.04 Å². The Morgan fingerprint density at radius 2 is 1.93 bits per heavy atom. The van der Waals surface area contributed by atoms with E-state index in [1.165, 1.54) is 12.8 Å². The molecule has 2 aliphatic rings. The van der Waals surface area contributed by atoms with Gasteiger partial charge in [-0.15, -0.1) is 11.3 Å². The molecule has 1 saturated heterocycles. The fourth-order valence-corrected chi connectivity index (χ4v) is 5.48. The quantitative estimate of drug-likeness (QED) is 0.752. The summed E-state index contributed by atoms with van der Waals surface area (Å²) in [7, 11) is 0. The smallest absolute Gasteiger partial charge is 0.223 e. The Morgan fingerprint density at radius 1 is 1.11 bits per heavy atom. The predicted octanol–water partition coefficient (Wildman–Crippen LogP) is 3.51. The molecule has 0 bridgehead atoms. The molecule has 1 aliphatic carbocycles. The van der Waals surface area contributed by atoms with Crippen LogP contribution in [0.1, 0.15) is 38.5 Å². The SMILES string of the molecule is O=C(NC1CCCC1)C1CCN(c2ncnc3c2sc2ncccc23)CC1. The van der Waals surface area contributed by atoms with Gasteiger partial charge in [0.05, 0.1) is 10.2 Å². The summed E-state index contributed by atoms with van der Waals surface area (Å²) in [5, 5.41) is 4.35. The highest BCUT2D eigenvalue weighted by molar-refractivity contribution is 7.25. The zero-order valence-electron chi connectivity index (χ0n) is 15.2. The molecule has 140 valence electrons. The molecule has 2 fully saturated rings. The second-order valence-corrected chi connectivity index (χ2v) is 8.58. The number of anilines is 1. The van der Waals surface area contributed by atoms with Gasteiger partial charge in [-0.25, -0.2) is 15.0 Å². The van der Waals surface area contributed by atoms with Gasteiger partial charge in [0.15, 0.2) is 0 Å². The zero-order chi connectivity index (χ0) is 18.2. The number of thiophene rings is 1. The highest BCUT2D eigenvalue weighted by Crippen LogP contribution is 2.37. The van der Waals surface area contributed by atoms with Crippen LogP contribution in [0.5, 0.6) is 0 Å². The van der Waals surface area contributed by atoms with E-state index in [1.54, 1.807) is 17.7 Å². The highest BCUT2D eigenvalue weighted by atomic mass is 32.1. The highest BCUT2D eigenvalue weighted by Gasteiger charge is 2.29. The van der Waals surface area contributed by atoms with Crippen LogP contribution in [0.3, 0.4) is 0 Å². The van der Waals surface area contributed by atoms with Gasteiger partial charge in [0.25, 0.3) is 0 Å². The first kappa shape index (κ1) is 16.9. The van der Waals surface area contributed by atoms with Gasteiger partial charge in [-0.2, -0.15) is 0 Å². The minimum Gasteiger partial charge on any atom is -0.355 e. The summed E-state index contributed by atoms with van der Waals surface area (Å²) in [5.41, 5.74) is 0.981. The summed E-state index contributed by atoms with van der Waals surface area (Å²) in [6.45, 7) is 1.72. The molecule has 1 N–H and O–H groups in total. The van der Waals surface area contributed by atoms with Crippen molar-refractivity contribution in [3.63, 3.8) is 0 Å². The van der Waals surface area contributed by atoms with E-state index in [-0.39, 0.29) is 11.8 Å². The number of pyridine rings is 1. The van der Waals surface area contributed by atoms with Crippen molar-refractivity contribution in [1.29, 1.82) is 0 Å². The third kappa shape index (κ3) is 3.14. The zero-order valence-corrected chi connectivity index (χ0v) is 16.0. The molecule has 0 aromatic carbocycles. The largest absolute Gasteiger partial charge is 0.355 e. The molecule has 1 amide bonds. The van der Waals surface area contributed by atoms with E-state index in [4.69, 9.17) is 0 Å². The number of fused-ring (bicyclic) bond motifs is 3. The fraction of sp³-hybridized carbons (Fsp3) is 0.500. The molecule has 7 heteroatoms. The van der Waals surface area contributed by atoms with Crippen LogP contribution in [0.15, 0.2) is 24.7 Å². The fourth-order valence-electron chi connectivity index (χ4n) is 4.37. The molecule has 0 atom stereocenters. The lowest BCUT2D eigenvalue weighted by Crippen LogP contribution is -2.43. The van der Waals surface area contributed by atoms with E-state index in [9.17, 15) is 4.79 Å². The topological polar surface area (TPSA) is 71.0 Å². The normalized spacial score (nSPS) is 19.2. The van der Waals surface area contributed by atoms with Crippen LogP contribution < -0.4 is 10.2 Å². The van der Waals surface area contributed by atoms with Crippen LogP contribution in [0.25, 0.3) is 20.4 Å². The van der Waals surface area contributed by atoms with Gasteiger partial charge < -0.3 is 10.2 Å². The number of amides is 1. The van der Waals surface area contributed by atoms with Crippen LogP contribution in [-0.2, 0) is 4.79 Å². The number of hydrogen-bond donors (Lipinski definition) is 1. The van der Waals surface area contributed by atoms with E-state index in [2.05, 4.69) is 31.2 Å². The van der Waals surface area contributed by atoms with Crippen LogP contribution >= 0.6 is 11.3 Å². The average molecular weight is 382 g/mol. The third-order valence-corrected chi connectivity index (χ3v) is 6.98. The molecule has 4 heterocycles. The average Bonchev–Trinajstić information content (AvgIpc) is 3.35. The Bertz CT molecular complexity index is 973. The summed E-state index contributed by atoms with van der Waals surface area (Å²) in [5.74, 6) is 1.36. The van der Waals surface area contributed by atoms with E-state index < -0.39 is 0 Å². The molecule has 1 aliphatic heterocycles. The monoisotopic (exact) mass is 381 g/mol. The second-order valence-electron chi connectivity index (χ2n) is 7.58. The number of nitrogens with one attached hydrogen (secondary N) is 1. The van der Waals surface area contributed by atoms with Crippen LogP contribution in [-0.4, -0.2) is 40.0 Å². The van der Waals surface area contributed by atoms with E-state index >= 15 is 0 Å². The summed E-state index contributed by atoms with van der Waals surface area (Å²) in [6, 6.07) is 4.42. The Hall–Kier alpha value is -2.28. The lowest BCUT2D eigenvalue weighted by atomic mass is 9.95. The van der Waals surface area contributed by atoms with Crippen molar-refractivity contribution in [2.24, 2.45) is 5.92 Å². The van der Waals surface area contributed by atoms with Crippen molar-refractivity contribution in [3.8, 4) is 0 Å². The van der Waals surface area contributed by atoms with Gasteiger partial charge in [0.2, 0.25) is 5.91 Å². The van der Waals surface area contributed by atoms with E-state index in [0.717, 1.165) is 65.0 Å². The minimum absolute atomic E-state index is 0.128. The number of piperidine rings is 1. The molecule has 27 heavy (non-hydrogen) atoms. The first-order chi connectivity index (χ1) is 13.3. The van der Waals surface area contributed by atoms with Crippen LogP contribution in [0.4, 0.5) is 5.82 Å². The van der Waals surface area contributed by atoms with Gasteiger partial charge in [-0.05, 0) is 37.8 Å². The summed E-state index contributed by atoms with van der Waals surface area (Å²) in [4.78, 5) is 29.4. The molecule has 3 aromatic rings. The molecule has 0 unspecified atom stereocenters. The Kier molecular flexibility index (Phi) is 4.39. The molecule has 0 radical (unpaired) electrons. The van der Waals surface area contributed by atoms with Gasteiger partial charge in [0.1, 0.15) is 17.0 Å². The summed E-state index contributed by atoms with van der Waals surface area (Å²) in [6.07, 6.45) is 10.0. The van der Waals surface area contributed by atoms with Crippen molar-refractivity contribution in [2.75, 3.05) is 18.0 Å². The Balaban J connectivity index is 1.33. The molecular formula is C20H23N5OS. The van der Waals surface area contributed by atoms with Gasteiger partial charge in [-0.3, -0.25) is 4.79 Å². The standard InChI is InChI=1S/C20H23N5OS/c26-19(24-14-4-1-2-5-14)13-7-10-25(11-8-13)18-17-16(22-12-23-18)15-6-3-9-21-20(15)27-17/h3,6,9,12-14H,1-2,4-5,7-8,10-11H2,(H,24,26). The number of hydrogen-bond acceptors (Lipinski definition) is 6. The minimum atomic E-state index is 0.128. The molecule has 0 spiro atoms. The lowest BCUT2D eigenvalue weighted by Gasteiger charge is -2.32. The number of nitrogens with zero attached hydrogens (tertiary/aromatic N) is 4. The lowest BCUT2D eigenvalue weighted by molar-refractivity contribution is -0.126. The Labute approximate surface area is 162 Å². The molecule has 3 aromatic heterocycles. The first-order valence-corrected chi connectivity index (χ1v) is 10.6. The Morgan fingerprint density at radius 3 is 2.74 bits per heavy atom. The molecule has 1 saturated carbocycles. The third-order valence-electron chi connectivity index (χ3n) is 5.88. The maximum atomic E-state index is 12.6. The number of carbonyl (C=O) groups excluding carboxylic acids is 1. The van der Waals surface area contributed by atoms with Crippen molar-refractivity contribution in [2.45, 2.75) is 44.6 Å². The second kappa shape index (κ2) is 7.03. The number of aromatic nitrogens is 3. The van der Waals surface area contributed by atoms with Crippen molar-refractivity contribution in [3.05, 3.63) is 24.7 Å². The van der Waals surface area contributed by atoms with Crippen molar-refractivity contribution < 1.29 is 4.79 Å². The van der Waals surface area contributed by atoms with Gasteiger partial charge in [-0.1, -0.05) is 12.8 Å². The predicted molar refractivity (Wildman–Crippen MR) is 108 cm³/mol. The first-order valence-electron chi connectivity index (χ1n) is 9.83. The maximum absolute atomic E-state index is 12.6.